The highest BCUT2D eigenvalue weighted by molar-refractivity contribution is 5.83. The minimum absolute atomic E-state index is 0.153. The Bertz CT molecular complexity index is 1560. The van der Waals surface area contributed by atoms with Gasteiger partial charge in [0, 0.05) is 23.6 Å². The third-order valence-corrected chi connectivity index (χ3v) is 9.02. The van der Waals surface area contributed by atoms with Crippen molar-refractivity contribution < 1.29 is 61.5 Å². The Balaban J connectivity index is 0.000000635. The zero-order valence-electron chi connectivity index (χ0n) is 24.9. The molecule has 46 heavy (non-hydrogen) atoms. The van der Waals surface area contributed by atoms with Crippen molar-refractivity contribution >= 4 is 24.2 Å². The van der Waals surface area contributed by atoms with Crippen LogP contribution in [0.1, 0.15) is 48.5 Å². The molecule has 2 aromatic rings. The zero-order valence-corrected chi connectivity index (χ0v) is 24.9. The lowest BCUT2D eigenvalue weighted by Gasteiger charge is -2.61. The van der Waals surface area contributed by atoms with E-state index < -0.39 is 60.0 Å². The molecular formula is C32H32F3NO10. The lowest BCUT2D eigenvalue weighted by molar-refractivity contribution is -0.176. The maximum absolute atomic E-state index is 13.6. The fourth-order valence-electron chi connectivity index (χ4n) is 7.04. The minimum Gasteiger partial charge on any atom is -0.493 e. The number of carbonyl (C=O) groups is 4. The molecule has 14 heteroatoms. The molecule has 1 fully saturated rings. The second kappa shape index (κ2) is 12.4. The van der Waals surface area contributed by atoms with E-state index in [2.05, 4.69) is 4.90 Å². The quantitative estimate of drug-likeness (QED) is 0.321. The first-order chi connectivity index (χ1) is 21.8. The maximum Gasteiger partial charge on any atom is 0.446 e. The normalized spacial score (nSPS) is 26.2. The van der Waals surface area contributed by atoms with Gasteiger partial charge in [0.25, 0.3) is 0 Å². The van der Waals surface area contributed by atoms with Gasteiger partial charge in [0.15, 0.2) is 17.6 Å². The topological polar surface area (TPSA) is 149 Å². The summed E-state index contributed by atoms with van der Waals surface area (Å²) in [4.78, 5) is 47.9. The van der Waals surface area contributed by atoms with Gasteiger partial charge >= 0.3 is 24.1 Å². The number of carboxylic acid groups (broad SMARTS) is 1. The molecule has 11 nitrogen and oxygen atoms in total. The van der Waals surface area contributed by atoms with Gasteiger partial charge in [-0.1, -0.05) is 36.4 Å². The second-order valence-electron chi connectivity index (χ2n) is 11.5. The van der Waals surface area contributed by atoms with Crippen LogP contribution in [-0.2, 0) is 40.5 Å². The zero-order chi connectivity index (χ0) is 33.4. The predicted molar refractivity (Wildman–Crippen MR) is 152 cm³/mol. The van der Waals surface area contributed by atoms with E-state index in [4.69, 9.17) is 28.8 Å². The Morgan fingerprint density at radius 1 is 1.15 bits per heavy atom. The molecular weight excluding hydrogens is 615 g/mol. The number of likely N-dealkylation sites (tertiary alicyclic amines) is 1. The number of aliphatic carboxylic acids is 1. The summed E-state index contributed by atoms with van der Waals surface area (Å²) in [7, 11) is 3.58. The van der Waals surface area contributed by atoms with Crippen molar-refractivity contribution in [2.24, 2.45) is 0 Å². The SMILES string of the molecule is COc1ccc2c3c1O[C@H]1C(OC(=O)[C@@H](OC(=O)CCC(=O)O)c4ccccc4)=CC[C@@]4(O)[C@@H](C2)N(C)CC[C@]314.O=CC(F)(F)F. The Labute approximate surface area is 261 Å². The molecule has 0 saturated carbocycles. The smallest absolute Gasteiger partial charge is 0.446 e. The van der Waals surface area contributed by atoms with Crippen LogP contribution in [0.4, 0.5) is 13.2 Å². The number of esters is 2. The van der Waals surface area contributed by atoms with Crippen molar-refractivity contribution in [2.75, 3.05) is 20.7 Å². The largest absolute Gasteiger partial charge is 0.493 e. The molecule has 1 saturated heterocycles. The van der Waals surface area contributed by atoms with Crippen molar-refractivity contribution in [1.29, 1.82) is 0 Å². The fraction of sp³-hybridized carbons (Fsp3) is 0.438. The minimum atomic E-state index is -4.64. The Morgan fingerprint density at radius 2 is 1.85 bits per heavy atom. The van der Waals surface area contributed by atoms with Crippen molar-refractivity contribution in [2.45, 2.75) is 67.5 Å². The van der Waals surface area contributed by atoms with Crippen molar-refractivity contribution in [3.8, 4) is 11.5 Å². The van der Waals surface area contributed by atoms with Gasteiger partial charge in [-0.05, 0) is 44.1 Å². The number of hydrogen-bond donors (Lipinski definition) is 2. The van der Waals surface area contributed by atoms with Crippen LogP contribution in [0, 0.1) is 0 Å². The molecule has 2 aliphatic heterocycles. The first kappa shape index (κ1) is 32.9. The van der Waals surface area contributed by atoms with Crippen LogP contribution in [0.15, 0.2) is 54.3 Å². The lowest BCUT2D eigenvalue weighted by Crippen LogP contribution is -2.74. The van der Waals surface area contributed by atoms with Gasteiger partial charge in [-0.2, -0.15) is 13.2 Å². The van der Waals surface area contributed by atoms with Gasteiger partial charge in [-0.15, -0.1) is 0 Å². The number of alkyl halides is 3. The number of aliphatic hydroxyl groups is 1. The summed E-state index contributed by atoms with van der Waals surface area (Å²) in [6.07, 6.45) is -5.54. The first-order valence-electron chi connectivity index (χ1n) is 14.5. The van der Waals surface area contributed by atoms with Gasteiger partial charge in [-0.3, -0.25) is 14.4 Å². The van der Waals surface area contributed by atoms with Crippen molar-refractivity contribution in [3.63, 3.8) is 0 Å². The molecule has 2 aliphatic carbocycles. The highest BCUT2D eigenvalue weighted by Crippen LogP contribution is 2.65. The van der Waals surface area contributed by atoms with E-state index >= 15 is 0 Å². The second-order valence-corrected chi connectivity index (χ2v) is 11.5. The van der Waals surface area contributed by atoms with Crippen LogP contribution in [0.25, 0.3) is 0 Å². The van der Waals surface area contributed by atoms with E-state index in [1.165, 1.54) is 0 Å². The predicted octanol–water partition coefficient (Wildman–Crippen LogP) is 3.41. The summed E-state index contributed by atoms with van der Waals surface area (Å²) in [5.41, 5.74) is 0.352. The van der Waals surface area contributed by atoms with Crippen molar-refractivity contribution in [1.82, 2.24) is 4.90 Å². The van der Waals surface area contributed by atoms with Crippen LogP contribution in [0.3, 0.4) is 0 Å². The molecule has 5 atom stereocenters. The van der Waals surface area contributed by atoms with E-state index in [1.54, 1.807) is 43.5 Å². The van der Waals surface area contributed by atoms with Crippen LogP contribution < -0.4 is 9.47 Å². The number of methoxy groups -OCH3 is 1. The Morgan fingerprint density at radius 3 is 2.48 bits per heavy atom. The summed E-state index contributed by atoms with van der Waals surface area (Å²) >= 11 is 0. The maximum atomic E-state index is 13.6. The average Bonchev–Trinajstić information content (AvgIpc) is 3.38. The van der Waals surface area contributed by atoms with Gasteiger partial charge in [0.05, 0.1) is 31.0 Å². The number of ether oxygens (including phenoxy) is 4. The number of benzene rings is 2. The molecule has 246 valence electrons. The summed E-state index contributed by atoms with van der Waals surface area (Å²) in [5, 5.41) is 21.3. The third kappa shape index (κ3) is 5.71. The van der Waals surface area contributed by atoms with Crippen LogP contribution in [-0.4, -0.2) is 83.9 Å². The van der Waals surface area contributed by atoms with E-state index in [0.29, 0.717) is 29.9 Å². The summed E-state index contributed by atoms with van der Waals surface area (Å²) in [6, 6.07) is 12.1. The number of hydrogen-bond acceptors (Lipinski definition) is 10. The highest BCUT2D eigenvalue weighted by atomic mass is 19.4. The number of likely N-dealkylation sites (N-methyl/N-ethyl adjacent to an activating group) is 1. The van der Waals surface area contributed by atoms with Gasteiger partial charge < -0.3 is 34.1 Å². The van der Waals surface area contributed by atoms with E-state index in [0.717, 1.165) is 17.7 Å². The summed E-state index contributed by atoms with van der Waals surface area (Å²) in [6.45, 7) is 0.720. The number of piperidine rings is 1. The Kier molecular flexibility index (Phi) is 8.88. The third-order valence-electron chi connectivity index (χ3n) is 9.02. The number of nitrogens with zero attached hydrogens (tertiary/aromatic N) is 1. The van der Waals surface area contributed by atoms with Crippen LogP contribution in [0.5, 0.6) is 11.5 Å². The molecule has 1 spiro atoms. The lowest BCUT2D eigenvalue weighted by atomic mass is 9.50. The number of carboxylic acids is 1. The van der Waals surface area contributed by atoms with Gasteiger partial charge in [-0.25, -0.2) is 4.79 Å². The molecule has 6 rings (SSSR count). The van der Waals surface area contributed by atoms with Crippen LogP contribution in [0.2, 0.25) is 0 Å². The fourth-order valence-corrected chi connectivity index (χ4v) is 7.04. The van der Waals surface area contributed by atoms with E-state index in [9.17, 15) is 32.7 Å². The molecule has 2 aromatic carbocycles. The Hall–Kier alpha value is -4.43. The van der Waals surface area contributed by atoms with E-state index in [-0.39, 0.29) is 24.6 Å². The first-order valence-corrected chi connectivity index (χ1v) is 14.5. The molecule has 2 N–H and O–H groups in total. The number of rotatable bonds is 8. The average molecular weight is 648 g/mol. The number of carbonyl (C=O) groups excluding carboxylic acids is 3. The monoisotopic (exact) mass is 647 g/mol. The molecule has 0 amide bonds. The molecule has 4 aliphatic rings. The van der Waals surface area contributed by atoms with E-state index in [1.807, 2.05) is 19.2 Å². The number of halogens is 3. The highest BCUT2D eigenvalue weighted by Gasteiger charge is 2.72. The van der Waals surface area contributed by atoms with Crippen LogP contribution >= 0.6 is 0 Å². The molecule has 0 unspecified atom stereocenters. The molecule has 2 heterocycles. The summed E-state index contributed by atoms with van der Waals surface area (Å²) in [5.74, 6) is -1.48. The number of aldehydes is 1. The van der Waals surface area contributed by atoms with Gasteiger partial charge in [0.2, 0.25) is 12.4 Å². The van der Waals surface area contributed by atoms with Gasteiger partial charge in [0.1, 0.15) is 5.76 Å². The summed E-state index contributed by atoms with van der Waals surface area (Å²) < 4.78 is 54.8. The van der Waals surface area contributed by atoms with Crippen molar-refractivity contribution in [3.05, 3.63) is 71.0 Å². The molecule has 2 bridgehead atoms. The molecule has 0 aromatic heterocycles. The molecule has 0 radical (unpaired) electrons. The standard InChI is InChI=1S/C30H31NO9.C2HF3O/c1-31-15-14-29-24-18-8-9-19(37-2)26(24)40-27(29)20(12-13-30(29,36)21(31)16-18)38-28(35)25(17-6-4-3-5-7-17)39-23(34)11-10-22(32)33;3-2(4,5)1-6/h3-9,12,21,25,27,36H,10-11,13-16H2,1-2H3,(H,32,33);1H/t21-,25+,27+,29+,30-;/m1./s1.